The maximum Gasteiger partial charge on any atom is 0.220 e. The minimum absolute atomic E-state index is 0.569. The van der Waals surface area contributed by atoms with Crippen LogP contribution in [0.2, 0.25) is 0 Å². The highest BCUT2D eigenvalue weighted by molar-refractivity contribution is 5.18. The average molecular weight is 237 g/mol. The van der Waals surface area contributed by atoms with Gasteiger partial charge in [0, 0.05) is 12.5 Å². The van der Waals surface area contributed by atoms with Gasteiger partial charge in [-0.25, -0.2) is 9.97 Å². The van der Waals surface area contributed by atoms with Crippen LogP contribution in [0.5, 0.6) is 11.8 Å². The highest BCUT2D eigenvalue weighted by atomic mass is 16.5. The number of hydrogen-bond acceptors (Lipinski definition) is 5. The summed E-state index contributed by atoms with van der Waals surface area (Å²) < 4.78 is 11.0. The van der Waals surface area contributed by atoms with E-state index in [1.54, 1.807) is 6.07 Å². The molecule has 1 atom stereocenters. The summed E-state index contributed by atoms with van der Waals surface area (Å²) in [4.78, 5) is 8.07. The van der Waals surface area contributed by atoms with E-state index in [1.165, 1.54) is 19.2 Å². The van der Waals surface area contributed by atoms with Crippen molar-refractivity contribution in [3.63, 3.8) is 0 Å². The predicted molar refractivity (Wildman–Crippen MR) is 64.3 cm³/mol. The molecule has 1 unspecified atom stereocenters. The number of piperidine rings is 1. The van der Waals surface area contributed by atoms with Crippen LogP contribution in [0.1, 0.15) is 19.8 Å². The first-order valence-electron chi connectivity index (χ1n) is 6.17. The Hall–Kier alpha value is -1.36. The molecule has 17 heavy (non-hydrogen) atoms. The van der Waals surface area contributed by atoms with Gasteiger partial charge in [0.05, 0.1) is 19.3 Å². The summed E-state index contributed by atoms with van der Waals surface area (Å²) in [5.41, 5.74) is 0. The summed E-state index contributed by atoms with van der Waals surface area (Å²) >= 11 is 0. The fraction of sp³-hybridized carbons (Fsp3) is 0.667. The van der Waals surface area contributed by atoms with Crippen LogP contribution in [0.4, 0.5) is 0 Å². The Kier molecular flexibility index (Phi) is 4.55. The molecule has 1 fully saturated rings. The molecule has 2 heterocycles. The quantitative estimate of drug-likeness (QED) is 0.835. The first kappa shape index (κ1) is 12.1. The standard InChI is InChI=1S/C12H19N3O2/c1-2-16-11-6-12(15-9-14-11)17-8-10-4-3-5-13-7-10/h6,9-10,13H,2-5,7-8H2,1H3. The first-order chi connectivity index (χ1) is 8.38. The van der Waals surface area contributed by atoms with E-state index < -0.39 is 0 Å². The molecule has 0 spiro atoms. The minimum atomic E-state index is 0.569. The van der Waals surface area contributed by atoms with Crippen molar-refractivity contribution in [3.8, 4) is 11.8 Å². The molecular formula is C12H19N3O2. The SMILES string of the molecule is CCOc1cc(OCC2CCCNC2)ncn1. The van der Waals surface area contributed by atoms with Gasteiger partial charge in [0.25, 0.3) is 0 Å². The Balaban J connectivity index is 1.83. The number of ether oxygens (including phenoxy) is 2. The number of nitrogens with zero attached hydrogens (tertiary/aromatic N) is 2. The minimum Gasteiger partial charge on any atom is -0.478 e. The Labute approximate surface area is 102 Å². The van der Waals surface area contributed by atoms with E-state index in [0.29, 0.717) is 30.9 Å². The van der Waals surface area contributed by atoms with Gasteiger partial charge in [-0.1, -0.05) is 0 Å². The van der Waals surface area contributed by atoms with Crippen molar-refractivity contribution < 1.29 is 9.47 Å². The van der Waals surface area contributed by atoms with Crippen LogP contribution >= 0.6 is 0 Å². The normalized spacial score (nSPS) is 19.9. The van der Waals surface area contributed by atoms with E-state index >= 15 is 0 Å². The van der Waals surface area contributed by atoms with Crippen molar-refractivity contribution >= 4 is 0 Å². The zero-order chi connectivity index (χ0) is 11.9. The molecule has 1 aromatic heterocycles. The van der Waals surface area contributed by atoms with Crippen LogP contribution in [-0.4, -0.2) is 36.3 Å². The average Bonchev–Trinajstić information content (AvgIpc) is 2.39. The molecule has 0 saturated carbocycles. The molecule has 0 bridgehead atoms. The fourth-order valence-electron chi connectivity index (χ4n) is 1.90. The molecule has 2 rings (SSSR count). The van der Waals surface area contributed by atoms with Gasteiger partial charge >= 0.3 is 0 Å². The highest BCUT2D eigenvalue weighted by Gasteiger charge is 2.13. The number of rotatable bonds is 5. The van der Waals surface area contributed by atoms with E-state index in [4.69, 9.17) is 9.47 Å². The van der Waals surface area contributed by atoms with Crippen molar-refractivity contribution in [1.82, 2.24) is 15.3 Å². The van der Waals surface area contributed by atoms with Gasteiger partial charge in [-0.3, -0.25) is 0 Å². The Morgan fingerprint density at radius 2 is 2.18 bits per heavy atom. The summed E-state index contributed by atoms with van der Waals surface area (Å²) in [5, 5.41) is 3.37. The Morgan fingerprint density at radius 3 is 2.88 bits per heavy atom. The van der Waals surface area contributed by atoms with E-state index in [2.05, 4.69) is 15.3 Å². The van der Waals surface area contributed by atoms with Gasteiger partial charge in [-0.15, -0.1) is 0 Å². The number of hydrogen-bond donors (Lipinski definition) is 1. The lowest BCUT2D eigenvalue weighted by Gasteiger charge is -2.22. The van der Waals surface area contributed by atoms with E-state index in [1.807, 2.05) is 6.92 Å². The highest BCUT2D eigenvalue weighted by Crippen LogP contribution is 2.16. The summed E-state index contributed by atoms with van der Waals surface area (Å²) in [7, 11) is 0. The lowest BCUT2D eigenvalue weighted by Crippen LogP contribution is -2.33. The molecule has 5 heteroatoms. The lowest BCUT2D eigenvalue weighted by atomic mass is 10.0. The third-order valence-corrected chi connectivity index (χ3v) is 2.77. The second kappa shape index (κ2) is 6.39. The van der Waals surface area contributed by atoms with E-state index in [9.17, 15) is 0 Å². The molecular weight excluding hydrogens is 218 g/mol. The van der Waals surface area contributed by atoms with Gasteiger partial charge in [-0.05, 0) is 26.3 Å². The molecule has 94 valence electrons. The molecule has 0 amide bonds. The van der Waals surface area contributed by atoms with E-state index in [0.717, 1.165) is 13.1 Å². The van der Waals surface area contributed by atoms with Crippen LogP contribution in [0.3, 0.4) is 0 Å². The molecule has 1 N–H and O–H groups in total. The summed E-state index contributed by atoms with van der Waals surface area (Å²) in [6.45, 7) is 5.39. The number of aromatic nitrogens is 2. The maximum atomic E-state index is 5.66. The summed E-state index contributed by atoms with van der Waals surface area (Å²) in [5.74, 6) is 1.74. The molecule has 1 aliphatic rings. The van der Waals surface area contributed by atoms with Crippen molar-refractivity contribution in [2.75, 3.05) is 26.3 Å². The van der Waals surface area contributed by atoms with Gasteiger partial charge in [-0.2, -0.15) is 0 Å². The zero-order valence-corrected chi connectivity index (χ0v) is 10.2. The topological polar surface area (TPSA) is 56.3 Å². The monoisotopic (exact) mass is 237 g/mol. The van der Waals surface area contributed by atoms with Crippen molar-refractivity contribution in [3.05, 3.63) is 12.4 Å². The molecule has 5 nitrogen and oxygen atoms in total. The van der Waals surface area contributed by atoms with Crippen LogP contribution in [0.15, 0.2) is 12.4 Å². The first-order valence-corrected chi connectivity index (χ1v) is 6.17. The zero-order valence-electron chi connectivity index (χ0n) is 10.2. The summed E-state index contributed by atoms with van der Waals surface area (Å²) in [6, 6.07) is 1.74. The third kappa shape index (κ3) is 3.85. The van der Waals surface area contributed by atoms with Crippen LogP contribution in [0, 0.1) is 5.92 Å². The van der Waals surface area contributed by atoms with Crippen molar-refractivity contribution in [1.29, 1.82) is 0 Å². The van der Waals surface area contributed by atoms with E-state index in [-0.39, 0.29) is 0 Å². The largest absolute Gasteiger partial charge is 0.478 e. The second-order valence-electron chi connectivity index (χ2n) is 4.15. The maximum absolute atomic E-state index is 5.66. The van der Waals surface area contributed by atoms with Gasteiger partial charge < -0.3 is 14.8 Å². The van der Waals surface area contributed by atoms with Gasteiger partial charge in [0.15, 0.2) is 0 Å². The molecule has 0 radical (unpaired) electrons. The molecule has 1 aromatic rings. The third-order valence-electron chi connectivity index (χ3n) is 2.77. The van der Waals surface area contributed by atoms with Gasteiger partial charge in [0.1, 0.15) is 6.33 Å². The molecule has 0 aromatic carbocycles. The van der Waals surface area contributed by atoms with Gasteiger partial charge in [0.2, 0.25) is 11.8 Å². The van der Waals surface area contributed by atoms with Crippen LogP contribution in [-0.2, 0) is 0 Å². The molecule has 1 aliphatic heterocycles. The van der Waals surface area contributed by atoms with Crippen LogP contribution in [0.25, 0.3) is 0 Å². The van der Waals surface area contributed by atoms with Crippen molar-refractivity contribution in [2.45, 2.75) is 19.8 Å². The fourth-order valence-corrected chi connectivity index (χ4v) is 1.90. The lowest BCUT2D eigenvalue weighted by molar-refractivity contribution is 0.210. The molecule has 1 saturated heterocycles. The Morgan fingerprint density at radius 1 is 1.35 bits per heavy atom. The Bertz CT molecular complexity index is 340. The van der Waals surface area contributed by atoms with Crippen molar-refractivity contribution in [2.24, 2.45) is 5.92 Å². The number of nitrogens with one attached hydrogen (secondary N) is 1. The smallest absolute Gasteiger partial charge is 0.220 e. The molecule has 0 aliphatic carbocycles. The summed E-state index contributed by atoms with van der Waals surface area (Å²) in [6.07, 6.45) is 3.91. The second-order valence-corrected chi connectivity index (χ2v) is 4.15. The predicted octanol–water partition coefficient (Wildman–Crippen LogP) is 1.25. The van der Waals surface area contributed by atoms with Crippen LogP contribution < -0.4 is 14.8 Å².